The van der Waals surface area contributed by atoms with Crippen LogP contribution in [-0.2, 0) is 4.74 Å². The van der Waals surface area contributed by atoms with Crippen LogP contribution >= 0.6 is 0 Å². The van der Waals surface area contributed by atoms with E-state index >= 15 is 0 Å². The molecule has 6 heteroatoms. The van der Waals surface area contributed by atoms with Gasteiger partial charge in [0.1, 0.15) is 5.60 Å². The molecule has 0 fully saturated rings. The van der Waals surface area contributed by atoms with Crippen molar-refractivity contribution in [2.24, 2.45) is 0 Å². The minimum absolute atomic E-state index is 0.109. The van der Waals surface area contributed by atoms with Gasteiger partial charge in [0.2, 0.25) is 0 Å². The third kappa shape index (κ3) is 7.19. The van der Waals surface area contributed by atoms with Crippen molar-refractivity contribution in [2.75, 3.05) is 25.0 Å². The van der Waals surface area contributed by atoms with E-state index < -0.39 is 11.7 Å². The highest BCUT2D eigenvalue weighted by Gasteiger charge is 2.19. The van der Waals surface area contributed by atoms with Gasteiger partial charge >= 0.3 is 6.09 Å². The van der Waals surface area contributed by atoms with Crippen molar-refractivity contribution in [2.45, 2.75) is 46.3 Å². The van der Waals surface area contributed by atoms with Crippen LogP contribution in [0.4, 0.5) is 10.5 Å². The summed E-state index contributed by atoms with van der Waals surface area (Å²) >= 11 is 0. The number of likely N-dealkylation sites (N-methyl/N-ethyl adjacent to an activating group) is 1. The number of carbonyl (C=O) groups excluding carboxylic acids is 2. The quantitative estimate of drug-likeness (QED) is 0.652. The van der Waals surface area contributed by atoms with E-state index in [1.807, 2.05) is 18.2 Å². The Labute approximate surface area is 179 Å². The van der Waals surface area contributed by atoms with Crippen molar-refractivity contribution in [1.82, 2.24) is 10.2 Å². The standard InChI is InChI=1S/C24H33N3O3/c1-6-27(7-2)21(18-11-9-8-10-12-18)17-25-22(28)19-13-15-20(16-14-19)26-23(29)30-24(3,4)5/h8-16,21H,6-7,17H2,1-5H3,(H,25,28)(H,26,29). The van der Waals surface area contributed by atoms with Crippen LogP contribution in [0.2, 0.25) is 0 Å². The van der Waals surface area contributed by atoms with Crippen molar-refractivity contribution in [3.8, 4) is 0 Å². The molecule has 0 spiro atoms. The molecule has 2 rings (SSSR count). The Hall–Kier alpha value is -2.86. The Morgan fingerprint density at radius 2 is 1.57 bits per heavy atom. The fourth-order valence-corrected chi connectivity index (χ4v) is 3.22. The van der Waals surface area contributed by atoms with Crippen LogP contribution in [0.15, 0.2) is 54.6 Å². The van der Waals surface area contributed by atoms with E-state index in [4.69, 9.17) is 4.74 Å². The smallest absolute Gasteiger partial charge is 0.412 e. The second-order valence-electron chi connectivity index (χ2n) is 8.06. The van der Waals surface area contributed by atoms with Crippen molar-refractivity contribution in [3.05, 3.63) is 65.7 Å². The number of nitrogens with one attached hydrogen (secondary N) is 2. The SMILES string of the molecule is CCN(CC)C(CNC(=O)c1ccc(NC(=O)OC(C)(C)C)cc1)c1ccccc1. The first kappa shape index (κ1) is 23.4. The number of hydrogen-bond acceptors (Lipinski definition) is 4. The summed E-state index contributed by atoms with van der Waals surface area (Å²) < 4.78 is 5.24. The summed E-state index contributed by atoms with van der Waals surface area (Å²) in [6.07, 6.45) is -0.523. The number of anilines is 1. The van der Waals surface area contributed by atoms with E-state index in [0.717, 1.165) is 13.1 Å². The zero-order valence-corrected chi connectivity index (χ0v) is 18.6. The molecule has 0 aromatic heterocycles. The predicted molar refractivity (Wildman–Crippen MR) is 121 cm³/mol. The Bertz CT molecular complexity index is 810. The molecule has 6 nitrogen and oxygen atoms in total. The Balaban J connectivity index is 2.00. The van der Waals surface area contributed by atoms with E-state index in [1.54, 1.807) is 45.0 Å². The normalized spacial score (nSPS) is 12.3. The van der Waals surface area contributed by atoms with Crippen LogP contribution in [0.3, 0.4) is 0 Å². The molecular formula is C24H33N3O3. The highest BCUT2D eigenvalue weighted by molar-refractivity contribution is 5.95. The highest BCUT2D eigenvalue weighted by Crippen LogP contribution is 2.20. The second kappa shape index (κ2) is 10.8. The van der Waals surface area contributed by atoms with Gasteiger partial charge < -0.3 is 10.1 Å². The number of carbonyl (C=O) groups is 2. The lowest BCUT2D eigenvalue weighted by atomic mass is 10.0. The molecule has 0 saturated heterocycles. The van der Waals surface area contributed by atoms with Crippen LogP contribution < -0.4 is 10.6 Å². The number of ether oxygens (including phenoxy) is 1. The zero-order valence-electron chi connectivity index (χ0n) is 18.6. The number of hydrogen-bond donors (Lipinski definition) is 2. The molecule has 1 unspecified atom stereocenters. The summed E-state index contributed by atoms with van der Waals surface area (Å²) in [4.78, 5) is 26.8. The zero-order chi connectivity index (χ0) is 22.1. The molecule has 0 heterocycles. The molecule has 0 saturated carbocycles. The van der Waals surface area contributed by atoms with E-state index in [2.05, 4.69) is 41.5 Å². The Morgan fingerprint density at radius 3 is 2.10 bits per heavy atom. The minimum atomic E-state index is -0.565. The van der Waals surface area contributed by atoms with Gasteiger partial charge in [-0.15, -0.1) is 0 Å². The summed E-state index contributed by atoms with van der Waals surface area (Å²) in [5.41, 5.74) is 1.73. The number of rotatable bonds is 8. The maximum atomic E-state index is 12.7. The molecule has 30 heavy (non-hydrogen) atoms. The minimum Gasteiger partial charge on any atom is -0.444 e. The number of amides is 2. The van der Waals surface area contributed by atoms with Gasteiger partial charge in [0.15, 0.2) is 0 Å². The van der Waals surface area contributed by atoms with Crippen molar-refractivity contribution in [1.29, 1.82) is 0 Å². The van der Waals surface area contributed by atoms with E-state index in [-0.39, 0.29) is 11.9 Å². The molecule has 2 amide bonds. The van der Waals surface area contributed by atoms with Crippen molar-refractivity contribution < 1.29 is 14.3 Å². The first-order valence-corrected chi connectivity index (χ1v) is 10.4. The monoisotopic (exact) mass is 411 g/mol. The van der Waals surface area contributed by atoms with Gasteiger partial charge in [-0.1, -0.05) is 44.2 Å². The van der Waals surface area contributed by atoms with Gasteiger partial charge in [-0.25, -0.2) is 4.79 Å². The van der Waals surface area contributed by atoms with Crippen LogP contribution in [0.5, 0.6) is 0 Å². The third-order valence-electron chi connectivity index (χ3n) is 4.69. The van der Waals surface area contributed by atoms with Crippen molar-refractivity contribution in [3.63, 3.8) is 0 Å². The van der Waals surface area contributed by atoms with Gasteiger partial charge in [-0.3, -0.25) is 15.0 Å². The van der Waals surface area contributed by atoms with E-state index in [0.29, 0.717) is 17.8 Å². The summed E-state index contributed by atoms with van der Waals surface area (Å²) in [5.74, 6) is -0.146. The maximum absolute atomic E-state index is 12.7. The third-order valence-corrected chi connectivity index (χ3v) is 4.69. The fourth-order valence-electron chi connectivity index (χ4n) is 3.22. The lowest BCUT2D eigenvalue weighted by Crippen LogP contribution is -2.38. The molecule has 0 bridgehead atoms. The fraction of sp³-hybridized carbons (Fsp3) is 0.417. The van der Waals surface area contributed by atoms with Gasteiger partial charge in [0.05, 0.1) is 6.04 Å². The van der Waals surface area contributed by atoms with Crippen LogP contribution in [0.1, 0.15) is 56.6 Å². The molecule has 2 aromatic carbocycles. The van der Waals surface area contributed by atoms with Crippen molar-refractivity contribution >= 4 is 17.7 Å². The van der Waals surface area contributed by atoms with Gasteiger partial charge in [0, 0.05) is 17.8 Å². The summed E-state index contributed by atoms with van der Waals surface area (Å²) in [6.45, 7) is 12.0. The first-order valence-electron chi connectivity index (χ1n) is 10.4. The molecule has 162 valence electrons. The lowest BCUT2D eigenvalue weighted by Gasteiger charge is -2.30. The number of nitrogens with zero attached hydrogens (tertiary/aromatic N) is 1. The Kier molecular flexibility index (Phi) is 8.42. The largest absolute Gasteiger partial charge is 0.444 e. The molecule has 1 atom stereocenters. The average Bonchev–Trinajstić information content (AvgIpc) is 2.70. The first-order chi connectivity index (χ1) is 14.2. The summed E-state index contributed by atoms with van der Waals surface area (Å²) in [5, 5.41) is 5.71. The molecular weight excluding hydrogens is 378 g/mol. The second-order valence-corrected chi connectivity index (χ2v) is 8.06. The van der Waals surface area contributed by atoms with Gasteiger partial charge in [0.25, 0.3) is 5.91 Å². The van der Waals surface area contributed by atoms with E-state index in [9.17, 15) is 9.59 Å². The summed E-state index contributed by atoms with van der Waals surface area (Å²) in [6, 6.07) is 17.1. The molecule has 0 aliphatic heterocycles. The van der Waals surface area contributed by atoms with Crippen LogP contribution in [-0.4, -0.2) is 42.1 Å². The highest BCUT2D eigenvalue weighted by atomic mass is 16.6. The topological polar surface area (TPSA) is 70.7 Å². The maximum Gasteiger partial charge on any atom is 0.412 e. The average molecular weight is 412 g/mol. The van der Waals surface area contributed by atoms with Crippen LogP contribution in [0.25, 0.3) is 0 Å². The molecule has 2 N–H and O–H groups in total. The predicted octanol–water partition coefficient (Wildman–Crippen LogP) is 4.85. The van der Waals surface area contributed by atoms with E-state index in [1.165, 1.54) is 5.56 Å². The van der Waals surface area contributed by atoms with Crippen LogP contribution in [0, 0.1) is 0 Å². The molecule has 2 aromatic rings. The molecule has 0 aliphatic carbocycles. The molecule has 0 radical (unpaired) electrons. The van der Waals surface area contributed by atoms with Gasteiger partial charge in [-0.2, -0.15) is 0 Å². The summed E-state index contributed by atoms with van der Waals surface area (Å²) in [7, 11) is 0. The molecule has 0 aliphatic rings. The van der Waals surface area contributed by atoms with Gasteiger partial charge in [-0.05, 0) is 63.7 Å². The lowest BCUT2D eigenvalue weighted by molar-refractivity contribution is 0.0635. The number of benzene rings is 2. The Morgan fingerprint density at radius 1 is 0.967 bits per heavy atom.